The van der Waals surface area contributed by atoms with E-state index in [1.165, 1.54) is 0 Å². The molecular formula is C19H10N2O2. The summed E-state index contributed by atoms with van der Waals surface area (Å²) in [7, 11) is 0. The van der Waals surface area contributed by atoms with Crippen molar-refractivity contribution in [1.82, 2.24) is 0 Å². The van der Waals surface area contributed by atoms with Crippen LogP contribution in [0.5, 0.6) is 0 Å². The molecule has 1 aliphatic carbocycles. The third-order valence-corrected chi connectivity index (χ3v) is 4.27. The van der Waals surface area contributed by atoms with Gasteiger partial charge in [-0.3, -0.25) is 0 Å². The lowest BCUT2D eigenvalue weighted by Gasteiger charge is -2.11. The quantitative estimate of drug-likeness (QED) is 0.397. The summed E-state index contributed by atoms with van der Waals surface area (Å²) in [6, 6.07) is 13.6. The van der Waals surface area contributed by atoms with E-state index in [4.69, 9.17) is 0 Å². The molecular weight excluding hydrogens is 288 g/mol. The summed E-state index contributed by atoms with van der Waals surface area (Å²) in [5, 5.41) is 1.54. The summed E-state index contributed by atoms with van der Waals surface area (Å²) in [4.78, 5) is 29.4. The van der Waals surface area contributed by atoms with E-state index in [9.17, 15) is 9.59 Å². The second kappa shape index (κ2) is 4.85. The predicted octanol–water partition coefficient (Wildman–Crippen LogP) is 4.73. The number of nitrogens with zero attached hydrogens (tertiary/aromatic N) is 2. The maximum Gasteiger partial charge on any atom is 0.240 e. The molecule has 0 fully saturated rings. The highest BCUT2D eigenvalue weighted by Gasteiger charge is 2.24. The summed E-state index contributed by atoms with van der Waals surface area (Å²) in [6.45, 7) is 2.03. The topological polar surface area (TPSA) is 58.9 Å². The molecule has 0 aliphatic heterocycles. The highest BCUT2D eigenvalue weighted by Crippen LogP contribution is 2.51. The number of hydrogen-bond acceptors (Lipinski definition) is 4. The van der Waals surface area contributed by atoms with Gasteiger partial charge in [0.1, 0.15) is 0 Å². The van der Waals surface area contributed by atoms with Gasteiger partial charge in [0.2, 0.25) is 12.2 Å². The molecule has 3 aromatic rings. The monoisotopic (exact) mass is 298 g/mol. The zero-order valence-corrected chi connectivity index (χ0v) is 12.3. The average Bonchev–Trinajstić information content (AvgIpc) is 2.86. The van der Waals surface area contributed by atoms with Crippen LogP contribution in [0.3, 0.4) is 0 Å². The number of carbonyl (C=O) groups excluding carboxylic acids is 2. The van der Waals surface area contributed by atoms with Crippen LogP contribution in [0, 0.1) is 6.92 Å². The van der Waals surface area contributed by atoms with E-state index in [1.807, 2.05) is 31.2 Å². The average molecular weight is 298 g/mol. The van der Waals surface area contributed by atoms with E-state index in [-0.39, 0.29) is 0 Å². The van der Waals surface area contributed by atoms with Gasteiger partial charge in [0.25, 0.3) is 0 Å². The zero-order valence-electron chi connectivity index (χ0n) is 12.3. The number of aryl methyl sites for hydroxylation is 1. The zero-order chi connectivity index (χ0) is 16.0. The van der Waals surface area contributed by atoms with Crippen molar-refractivity contribution in [2.75, 3.05) is 0 Å². The van der Waals surface area contributed by atoms with Crippen LogP contribution in [-0.4, -0.2) is 12.2 Å². The van der Waals surface area contributed by atoms with Gasteiger partial charge >= 0.3 is 0 Å². The van der Waals surface area contributed by atoms with Crippen molar-refractivity contribution in [1.29, 1.82) is 0 Å². The standard InChI is InChI=1S/C19H10N2O2/c1-11-5-6-12-7-14(11)18-15(12)8-16-13(19(18)21-10-23)3-2-4-17(16)20-9-22/h2-8H,1H3. The maximum absolute atomic E-state index is 11.0. The molecule has 0 radical (unpaired) electrons. The summed E-state index contributed by atoms with van der Waals surface area (Å²) in [5.41, 5.74) is 6.26. The minimum absolute atomic E-state index is 0.513. The van der Waals surface area contributed by atoms with Gasteiger partial charge in [-0.05, 0) is 47.4 Å². The fraction of sp³-hybridized carbons (Fsp3) is 0.0526. The molecule has 0 aromatic heterocycles. The lowest BCUT2D eigenvalue weighted by Crippen LogP contribution is -1.83. The first-order valence-electron chi connectivity index (χ1n) is 7.11. The Morgan fingerprint density at radius 1 is 0.870 bits per heavy atom. The Bertz CT molecular complexity index is 1090. The minimum Gasteiger partial charge on any atom is -0.211 e. The van der Waals surface area contributed by atoms with Gasteiger partial charge in [-0.15, -0.1) is 0 Å². The second-order valence-electron chi connectivity index (χ2n) is 5.46. The largest absolute Gasteiger partial charge is 0.240 e. The van der Waals surface area contributed by atoms with Gasteiger partial charge in [-0.25, -0.2) is 9.59 Å². The summed E-state index contributed by atoms with van der Waals surface area (Å²) in [5.74, 6) is 0. The molecule has 4 nitrogen and oxygen atoms in total. The highest BCUT2D eigenvalue weighted by atomic mass is 16.1. The van der Waals surface area contributed by atoms with Crippen molar-refractivity contribution in [3.05, 3.63) is 48.0 Å². The van der Waals surface area contributed by atoms with Crippen LogP contribution in [0.25, 0.3) is 33.0 Å². The van der Waals surface area contributed by atoms with E-state index >= 15 is 0 Å². The Hall–Kier alpha value is -3.32. The van der Waals surface area contributed by atoms with E-state index < -0.39 is 0 Å². The van der Waals surface area contributed by atoms with Crippen LogP contribution in [0.15, 0.2) is 52.4 Å². The van der Waals surface area contributed by atoms with Crippen molar-refractivity contribution in [3.63, 3.8) is 0 Å². The molecule has 108 valence electrons. The first kappa shape index (κ1) is 13.4. The van der Waals surface area contributed by atoms with Gasteiger partial charge in [0, 0.05) is 16.3 Å². The van der Waals surface area contributed by atoms with E-state index in [2.05, 4.69) is 16.1 Å². The van der Waals surface area contributed by atoms with Gasteiger partial charge in [-0.1, -0.05) is 24.3 Å². The molecule has 0 saturated carbocycles. The number of fused-ring (bicyclic) bond motifs is 6. The molecule has 0 amide bonds. The van der Waals surface area contributed by atoms with Crippen LogP contribution in [0.4, 0.5) is 11.4 Å². The summed E-state index contributed by atoms with van der Waals surface area (Å²) >= 11 is 0. The molecule has 0 heterocycles. The first-order chi connectivity index (χ1) is 11.2. The van der Waals surface area contributed by atoms with Crippen molar-refractivity contribution in [2.45, 2.75) is 6.92 Å². The molecule has 2 bridgehead atoms. The molecule has 3 aromatic carbocycles. The SMILES string of the molecule is Cc1ccc2cc1-c1c-2cc2c(N=C=O)cccc2c1N=C=O. The van der Waals surface area contributed by atoms with Crippen LogP contribution < -0.4 is 0 Å². The minimum atomic E-state index is 0.513. The fourth-order valence-corrected chi connectivity index (χ4v) is 3.26. The van der Waals surface area contributed by atoms with Crippen molar-refractivity contribution >= 4 is 34.3 Å². The Balaban J connectivity index is 2.24. The molecule has 4 rings (SSSR count). The van der Waals surface area contributed by atoms with E-state index in [0.717, 1.165) is 38.6 Å². The number of isocyanates is 2. The van der Waals surface area contributed by atoms with E-state index in [0.29, 0.717) is 11.4 Å². The number of aliphatic imine (C=N–C) groups is 2. The molecule has 0 N–H and O–H groups in total. The number of benzene rings is 3. The Kier molecular flexibility index (Phi) is 2.82. The molecule has 4 heteroatoms. The fourth-order valence-electron chi connectivity index (χ4n) is 3.26. The molecule has 0 unspecified atom stereocenters. The third-order valence-electron chi connectivity index (χ3n) is 4.27. The molecule has 0 atom stereocenters. The van der Waals surface area contributed by atoms with Crippen LogP contribution in [-0.2, 0) is 9.59 Å². The maximum atomic E-state index is 11.0. The van der Waals surface area contributed by atoms with Crippen molar-refractivity contribution < 1.29 is 9.59 Å². The van der Waals surface area contributed by atoms with E-state index in [1.54, 1.807) is 24.3 Å². The molecule has 23 heavy (non-hydrogen) atoms. The molecule has 0 spiro atoms. The number of hydrogen-bond donors (Lipinski definition) is 0. The van der Waals surface area contributed by atoms with Gasteiger partial charge in [-0.2, -0.15) is 9.98 Å². The normalized spacial score (nSPS) is 10.8. The van der Waals surface area contributed by atoms with Crippen molar-refractivity contribution in [3.8, 4) is 22.3 Å². The highest BCUT2D eigenvalue weighted by molar-refractivity contribution is 6.13. The lowest BCUT2D eigenvalue weighted by atomic mass is 9.95. The van der Waals surface area contributed by atoms with Crippen molar-refractivity contribution in [2.24, 2.45) is 9.98 Å². The third kappa shape index (κ3) is 1.80. The Morgan fingerprint density at radius 2 is 1.70 bits per heavy atom. The van der Waals surface area contributed by atoms with Gasteiger partial charge < -0.3 is 0 Å². The smallest absolute Gasteiger partial charge is 0.211 e. The summed E-state index contributed by atoms with van der Waals surface area (Å²) < 4.78 is 0. The van der Waals surface area contributed by atoms with Crippen LogP contribution in [0.1, 0.15) is 5.56 Å². The summed E-state index contributed by atoms with van der Waals surface area (Å²) in [6.07, 6.45) is 3.23. The molecule has 1 aliphatic rings. The lowest BCUT2D eigenvalue weighted by molar-refractivity contribution is 0.564. The Labute approximate surface area is 131 Å². The first-order valence-corrected chi connectivity index (χ1v) is 7.11. The predicted molar refractivity (Wildman–Crippen MR) is 88.7 cm³/mol. The van der Waals surface area contributed by atoms with Crippen LogP contribution in [0.2, 0.25) is 0 Å². The number of rotatable bonds is 2. The van der Waals surface area contributed by atoms with Gasteiger partial charge in [0.05, 0.1) is 11.4 Å². The van der Waals surface area contributed by atoms with Crippen LogP contribution >= 0.6 is 0 Å². The second-order valence-corrected chi connectivity index (χ2v) is 5.46. The Morgan fingerprint density at radius 3 is 2.48 bits per heavy atom. The van der Waals surface area contributed by atoms with Gasteiger partial charge in [0.15, 0.2) is 0 Å². The molecule has 0 saturated heterocycles.